The van der Waals surface area contributed by atoms with Gasteiger partial charge >= 0.3 is 0 Å². The van der Waals surface area contributed by atoms with Crippen molar-refractivity contribution in [3.05, 3.63) is 45.9 Å². The summed E-state index contributed by atoms with van der Waals surface area (Å²) in [6, 6.07) is 7.65. The van der Waals surface area contributed by atoms with Crippen molar-refractivity contribution in [1.29, 1.82) is 0 Å². The van der Waals surface area contributed by atoms with Crippen molar-refractivity contribution in [3.63, 3.8) is 0 Å². The molecule has 0 radical (unpaired) electrons. The zero-order valence-electron chi connectivity index (χ0n) is 14.9. The summed E-state index contributed by atoms with van der Waals surface area (Å²) in [5, 5.41) is 9.18. The van der Waals surface area contributed by atoms with Crippen LogP contribution in [0.5, 0.6) is 5.75 Å². The molecule has 2 heterocycles. The second-order valence-corrected chi connectivity index (χ2v) is 8.11. The molecule has 2 aromatic heterocycles. The Balaban J connectivity index is 1.39. The number of thiazole rings is 2. The molecule has 0 fully saturated rings. The molecule has 0 atom stereocenters. The lowest BCUT2D eigenvalue weighted by Gasteiger charge is -2.06. The number of rotatable bonds is 6. The minimum absolute atomic E-state index is 0.225. The van der Waals surface area contributed by atoms with E-state index in [1.165, 1.54) is 29.1 Å². The average molecular weight is 401 g/mol. The van der Waals surface area contributed by atoms with Gasteiger partial charge in [-0.3, -0.25) is 10.1 Å². The lowest BCUT2D eigenvalue weighted by atomic mass is 10.0. The second kappa shape index (κ2) is 8.06. The van der Waals surface area contributed by atoms with E-state index < -0.39 is 0 Å². The lowest BCUT2D eigenvalue weighted by Crippen LogP contribution is -2.12. The van der Waals surface area contributed by atoms with Gasteiger partial charge in [0.1, 0.15) is 11.4 Å². The number of fused-ring (bicyclic) bond motifs is 1. The van der Waals surface area contributed by atoms with Crippen LogP contribution in [0.1, 0.15) is 40.8 Å². The molecule has 0 unspecified atom stereocenters. The molecule has 4 rings (SSSR count). The average Bonchev–Trinajstić information content (AvgIpc) is 3.30. The van der Waals surface area contributed by atoms with E-state index in [0.29, 0.717) is 22.6 Å². The first-order valence-corrected chi connectivity index (χ1v) is 10.7. The third kappa shape index (κ3) is 4.28. The number of hydrogen-bond donors (Lipinski definition) is 2. The molecule has 8 heteroatoms. The number of hydrogen-bond acceptors (Lipinski definition) is 7. The van der Waals surface area contributed by atoms with E-state index in [2.05, 4.69) is 20.6 Å². The van der Waals surface area contributed by atoms with Gasteiger partial charge < -0.3 is 10.1 Å². The van der Waals surface area contributed by atoms with Crippen molar-refractivity contribution in [2.24, 2.45) is 0 Å². The van der Waals surface area contributed by atoms with Crippen molar-refractivity contribution in [3.8, 4) is 5.75 Å². The van der Waals surface area contributed by atoms with Gasteiger partial charge in [-0.2, -0.15) is 0 Å². The fourth-order valence-electron chi connectivity index (χ4n) is 2.93. The molecule has 0 spiro atoms. The maximum absolute atomic E-state index is 12.5. The quantitative estimate of drug-likeness (QED) is 0.617. The van der Waals surface area contributed by atoms with Crippen molar-refractivity contribution < 1.29 is 9.53 Å². The number of ether oxygens (including phenoxy) is 1. The third-order valence-electron chi connectivity index (χ3n) is 4.22. The van der Waals surface area contributed by atoms with Crippen LogP contribution in [-0.2, 0) is 12.8 Å². The highest BCUT2D eigenvalue weighted by atomic mass is 32.1. The summed E-state index contributed by atoms with van der Waals surface area (Å²) in [6.45, 7) is 2.59. The molecule has 1 aliphatic carbocycles. The number of nitrogens with one attached hydrogen (secondary N) is 2. The van der Waals surface area contributed by atoms with Gasteiger partial charge in [-0.1, -0.05) is 0 Å². The highest BCUT2D eigenvalue weighted by Gasteiger charge is 2.18. The van der Waals surface area contributed by atoms with Crippen LogP contribution in [0.2, 0.25) is 0 Å². The Bertz CT molecular complexity index is 910. The van der Waals surface area contributed by atoms with Crippen molar-refractivity contribution in [1.82, 2.24) is 9.97 Å². The number of carbonyl (C=O) groups excluding carboxylic acids is 1. The van der Waals surface area contributed by atoms with Gasteiger partial charge in [-0.05, 0) is 56.9 Å². The van der Waals surface area contributed by atoms with E-state index in [1.54, 1.807) is 16.7 Å². The SMILES string of the molecule is CCOc1ccc(Nc2nc(C(=O)Nc3nc4c(s3)CCCC4)cs2)cc1. The standard InChI is InChI=1S/C19H20N4O2S2/c1-2-25-13-9-7-12(8-10-13)20-18-22-15(11-26-18)17(24)23-19-21-14-5-3-4-6-16(14)27-19/h7-11H,2-6H2,1H3,(H,20,22)(H,21,23,24). The Morgan fingerprint density at radius 1 is 1.15 bits per heavy atom. The minimum atomic E-state index is -0.225. The largest absolute Gasteiger partial charge is 0.494 e. The fraction of sp³-hybridized carbons (Fsp3) is 0.316. The number of aromatic nitrogens is 2. The molecule has 1 amide bonds. The molecule has 0 saturated heterocycles. The molecule has 2 N–H and O–H groups in total. The Labute approximate surface area is 165 Å². The van der Waals surface area contributed by atoms with Crippen LogP contribution in [0, 0.1) is 0 Å². The summed E-state index contributed by atoms with van der Waals surface area (Å²) in [5.41, 5.74) is 2.42. The summed E-state index contributed by atoms with van der Waals surface area (Å²) in [5.74, 6) is 0.602. The predicted molar refractivity (Wildman–Crippen MR) is 110 cm³/mol. The normalized spacial score (nSPS) is 13.1. The Hall–Kier alpha value is -2.45. The van der Waals surface area contributed by atoms with Crippen molar-refractivity contribution in [2.75, 3.05) is 17.2 Å². The fourth-order valence-corrected chi connectivity index (χ4v) is 4.68. The molecule has 27 heavy (non-hydrogen) atoms. The summed E-state index contributed by atoms with van der Waals surface area (Å²) in [7, 11) is 0. The van der Waals surface area contributed by atoms with Crippen LogP contribution in [0.3, 0.4) is 0 Å². The molecule has 0 saturated carbocycles. The topological polar surface area (TPSA) is 76.1 Å². The van der Waals surface area contributed by atoms with Crippen LogP contribution in [0.25, 0.3) is 0 Å². The first-order chi connectivity index (χ1) is 13.2. The Kier molecular flexibility index (Phi) is 5.35. The molecule has 1 aromatic carbocycles. The number of nitrogens with zero attached hydrogens (tertiary/aromatic N) is 2. The Morgan fingerprint density at radius 3 is 2.74 bits per heavy atom. The first kappa shape index (κ1) is 17.9. The van der Waals surface area contributed by atoms with Gasteiger partial charge in [0, 0.05) is 15.9 Å². The Morgan fingerprint density at radius 2 is 1.96 bits per heavy atom. The predicted octanol–water partition coefficient (Wildman–Crippen LogP) is 4.87. The van der Waals surface area contributed by atoms with Gasteiger partial charge in [-0.15, -0.1) is 22.7 Å². The van der Waals surface area contributed by atoms with Crippen LogP contribution in [-0.4, -0.2) is 22.5 Å². The molecule has 0 aliphatic heterocycles. The second-order valence-electron chi connectivity index (χ2n) is 6.17. The first-order valence-electron chi connectivity index (χ1n) is 8.96. The maximum Gasteiger partial charge on any atom is 0.276 e. The van der Waals surface area contributed by atoms with Gasteiger partial charge in [-0.25, -0.2) is 9.97 Å². The lowest BCUT2D eigenvalue weighted by molar-refractivity contribution is 0.102. The van der Waals surface area contributed by atoms with Crippen LogP contribution < -0.4 is 15.4 Å². The van der Waals surface area contributed by atoms with E-state index >= 15 is 0 Å². The zero-order valence-corrected chi connectivity index (χ0v) is 16.6. The van der Waals surface area contributed by atoms with Crippen LogP contribution >= 0.6 is 22.7 Å². The number of amides is 1. The van der Waals surface area contributed by atoms with Gasteiger partial charge in [0.05, 0.1) is 12.3 Å². The molecule has 0 bridgehead atoms. The van der Waals surface area contributed by atoms with E-state index in [-0.39, 0.29) is 5.91 Å². The van der Waals surface area contributed by atoms with E-state index in [9.17, 15) is 4.79 Å². The zero-order chi connectivity index (χ0) is 18.6. The van der Waals surface area contributed by atoms with E-state index in [1.807, 2.05) is 31.2 Å². The van der Waals surface area contributed by atoms with Crippen LogP contribution in [0.15, 0.2) is 29.6 Å². The number of anilines is 3. The number of carbonyl (C=O) groups is 1. The molecule has 3 aromatic rings. The monoisotopic (exact) mass is 400 g/mol. The maximum atomic E-state index is 12.5. The van der Waals surface area contributed by atoms with E-state index in [0.717, 1.165) is 30.0 Å². The molecule has 1 aliphatic rings. The van der Waals surface area contributed by atoms with Crippen LogP contribution in [0.4, 0.5) is 16.0 Å². The van der Waals surface area contributed by atoms with Crippen molar-refractivity contribution in [2.45, 2.75) is 32.6 Å². The summed E-state index contributed by atoms with van der Waals surface area (Å²) in [4.78, 5) is 22.7. The number of aryl methyl sites for hydroxylation is 2. The summed E-state index contributed by atoms with van der Waals surface area (Å²) >= 11 is 2.97. The van der Waals surface area contributed by atoms with Crippen molar-refractivity contribution >= 4 is 44.5 Å². The molecule has 6 nitrogen and oxygen atoms in total. The third-order valence-corrected chi connectivity index (χ3v) is 6.05. The van der Waals surface area contributed by atoms with E-state index in [4.69, 9.17) is 4.74 Å². The number of benzene rings is 1. The van der Waals surface area contributed by atoms with Gasteiger partial charge in [0.25, 0.3) is 5.91 Å². The molecule has 140 valence electrons. The van der Waals surface area contributed by atoms with Gasteiger partial charge in [0.15, 0.2) is 10.3 Å². The summed E-state index contributed by atoms with van der Waals surface area (Å²) < 4.78 is 5.43. The molecular weight excluding hydrogens is 380 g/mol. The highest BCUT2D eigenvalue weighted by Crippen LogP contribution is 2.30. The smallest absolute Gasteiger partial charge is 0.276 e. The minimum Gasteiger partial charge on any atom is -0.494 e. The summed E-state index contributed by atoms with van der Waals surface area (Å²) in [6.07, 6.45) is 4.45. The van der Waals surface area contributed by atoms with Gasteiger partial charge in [0.2, 0.25) is 0 Å². The molecular formula is C19H20N4O2S2. The highest BCUT2D eigenvalue weighted by molar-refractivity contribution is 7.16.